The molecule has 1 N–H and O–H groups in total. The number of ether oxygens (including phenoxy) is 1. The van der Waals surface area contributed by atoms with E-state index in [0.717, 1.165) is 61.1 Å². The Morgan fingerprint density at radius 1 is 1.10 bits per heavy atom. The van der Waals surface area contributed by atoms with Gasteiger partial charge in [-0.25, -0.2) is 4.79 Å². The molecule has 4 nitrogen and oxygen atoms in total. The van der Waals surface area contributed by atoms with Crippen molar-refractivity contribution in [3.05, 3.63) is 57.9 Å². The number of nitrogens with one attached hydrogen (secondary N) is 1. The normalized spacial score (nSPS) is 24.0. The van der Waals surface area contributed by atoms with E-state index in [4.69, 9.17) is 4.74 Å². The van der Waals surface area contributed by atoms with Gasteiger partial charge in [0, 0.05) is 29.3 Å². The van der Waals surface area contributed by atoms with Crippen LogP contribution in [0.4, 0.5) is 0 Å². The van der Waals surface area contributed by atoms with Gasteiger partial charge >= 0.3 is 5.97 Å². The molecule has 0 aromatic heterocycles. The molecular weight excluding hydrogens is 386 g/mol. The summed E-state index contributed by atoms with van der Waals surface area (Å²) >= 11 is 0. The number of hydrogen-bond acceptors (Lipinski definition) is 4. The Morgan fingerprint density at radius 3 is 2.42 bits per heavy atom. The van der Waals surface area contributed by atoms with Gasteiger partial charge in [-0.2, -0.15) is 0 Å². The van der Waals surface area contributed by atoms with Crippen LogP contribution in [0.3, 0.4) is 0 Å². The highest BCUT2D eigenvalue weighted by Gasteiger charge is 2.43. The van der Waals surface area contributed by atoms with E-state index < -0.39 is 0 Å². The fourth-order valence-electron chi connectivity index (χ4n) is 5.38. The fraction of sp³-hybridized carbons (Fsp3) is 0.556. The molecule has 0 bridgehead atoms. The van der Waals surface area contributed by atoms with E-state index in [1.165, 1.54) is 12.0 Å². The van der Waals surface area contributed by atoms with Crippen molar-refractivity contribution >= 4 is 11.8 Å². The van der Waals surface area contributed by atoms with E-state index in [-0.39, 0.29) is 29.2 Å². The number of carbonyl (C=O) groups is 2. The third kappa shape index (κ3) is 4.49. The van der Waals surface area contributed by atoms with Gasteiger partial charge in [-0.05, 0) is 62.0 Å². The Labute approximate surface area is 186 Å². The number of rotatable bonds is 4. The predicted molar refractivity (Wildman–Crippen MR) is 122 cm³/mol. The lowest BCUT2D eigenvalue weighted by atomic mass is 9.68. The number of esters is 1. The lowest BCUT2D eigenvalue weighted by Crippen LogP contribution is -2.39. The molecule has 1 aromatic carbocycles. The molecule has 1 fully saturated rings. The Kier molecular flexibility index (Phi) is 6.09. The van der Waals surface area contributed by atoms with Crippen LogP contribution >= 0.6 is 0 Å². The van der Waals surface area contributed by atoms with Crippen LogP contribution in [0.1, 0.15) is 89.7 Å². The molecule has 31 heavy (non-hydrogen) atoms. The van der Waals surface area contributed by atoms with Crippen molar-refractivity contribution < 1.29 is 14.3 Å². The molecule has 3 aliphatic rings. The third-order valence-corrected chi connectivity index (χ3v) is 7.01. The maximum Gasteiger partial charge on any atom is 0.337 e. The van der Waals surface area contributed by atoms with Gasteiger partial charge in [-0.3, -0.25) is 4.79 Å². The Morgan fingerprint density at radius 2 is 1.77 bits per heavy atom. The van der Waals surface area contributed by atoms with E-state index in [1.807, 2.05) is 6.92 Å². The lowest BCUT2D eigenvalue weighted by Gasteiger charge is -2.39. The molecule has 1 aromatic rings. The number of Topliss-reactive ketones (excluding diaryl/α,β-unsaturated/α-hetero) is 1. The first kappa shape index (κ1) is 21.9. The van der Waals surface area contributed by atoms with Crippen LogP contribution < -0.4 is 5.32 Å². The number of allylic oxidation sites excluding steroid dienone is 3. The maximum absolute atomic E-state index is 13.4. The molecule has 1 saturated carbocycles. The van der Waals surface area contributed by atoms with Crippen LogP contribution in [0.2, 0.25) is 0 Å². The summed E-state index contributed by atoms with van der Waals surface area (Å²) in [4.78, 5) is 26.8. The second-order valence-corrected chi connectivity index (χ2v) is 10.2. The van der Waals surface area contributed by atoms with Crippen LogP contribution in [0.5, 0.6) is 0 Å². The monoisotopic (exact) mass is 421 g/mol. The number of aryl methyl sites for hydroxylation is 1. The molecule has 0 unspecified atom stereocenters. The summed E-state index contributed by atoms with van der Waals surface area (Å²) in [6, 6.07) is 8.36. The first-order valence-corrected chi connectivity index (χ1v) is 11.8. The Hall–Kier alpha value is -2.36. The number of ketones is 1. The van der Waals surface area contributed by atoms with Gasteiger partial charge in [0.2, 0.25) is 0 Å². The molecule has 0 saturated heterocycles. The average molecular weight is 422 g/mol. The van der Waals surface area contributed by atoms with E-state index >= 15 is 0 Å². The zero-order chi connectivity index (χ0) is 22.2. The molecule has 1 atom stereocenters. The first-order valence-electron chi connectivity index (χ1n) is 11.8. The number of benzene rings is 1. The SMILES string of the molecule is CCc1ccc([C@H]2C(C(=O)OC3CCCCC3)=C(C)NC3=C2C(=O)CC(C)(C)C3)cc1. The van der Waals surface area contributed by atoms with Gasteiger partial charge < -0.3 is 10.1 Å². The zero-order valence-corrected chi connectivity index (χ0v) is 19.3. The van der Waals surface area contributed by atoms with Crippen molar-refractivity contribution in [2.75, 3.05) is 0 Å². The summed E-state index contributed by atoms with van der Waals surface area (Å²) in [7, 11) is 0. The van der Waals surface area contributed by atoms with Gasteiger partial charge in [0.05, 0.1) is 5.57 Å². The summed E-state index contributed by atoms with van der Waals surface area (Å²) in [5.41, 5.74) is 5.29. The van der Waals surface area contributed by atoms with E-state index in [9.17, 15) is 9.59 Å². The van der Waals surface area contributed by atoms with Crippen LogP contribution in [-0.2, 0) is 20.7 Å². The van der Waals surface area contributed by atoms with Crippen molar-refractivity contribution in [2.24, 2.45) is 5.41 Å². The minimum Gasteiger partial charge on any atom is -0.459 e. The maximum atomic E-state index is 13.4. The Balaban J connectivity index is 1.75. The molecule has 1 aliphatic heterocycles. The van der Waals surface area contributed by atoms with Gasteiger partial charge in [0.1, 0.15) is 6.10 Å². The summed E-state index contributed by atoms with van der Waals surface area (Å²) in [5, 5.41) is 3.43. The second-order valence-electron chi connectivity index (χ2n) is 10.2. The van der Waals surface area contributed by atoms with Crippen LogP contribution in [-0.4, -0.2) is 17.9 Å². The van der Waals surface area contributed by atoms with Crippen molar-refractivity contribution in [1.29, 1.82) is 0 Å². The summed E-state index contributed by atoms with van der Waals surface area (Å²) in [6.07, 6.45) is 7.55. The summed E-state index contributed by atoms with van der Waals surface area (Å²) in [5.74, 6) is -0.494. The molecule has 2 aliphatic carbocycles. The minimum absolute atomic E-state index is 0.0129. The number of dihydropyridines is 1. The van der Waals surface area contributed by atoms with Crippen molar-refractivity contribution in [1.82, 2.24) is 5.32 Å². The quantitative estimate of drug-likeness (QED) is 0.631. The summed E-state index contributed by atoms with van der Waals surface area (Å²) in [6.45, 7) is 8.34. The first-order chi connectivity index (χ1) is 14.8. The molecule has 4 rings (SSSR count). The Bertz CT molecular complexity index is 930. The van der Waals surface area contributed by atoms with E-state index in [1.54, 1.807) is 0 Å². The standard InChI is InChI=1S/C27H35NO3/c1-5-18-11-13-19(14-12-18)24-23(26(30)31-20-9-7-6-8-10-20)17(2)28-21-15-27(3,4)16-22(29)25(21)24/h11-14,20,24,28H,5-10,15-16H2,1-4H3/t24-/m0/s1. The van der Waals surface area contributed by atoms with E-state index in [0.29, 0.717) is 12.0 Å². The van der Waals surface area contributed by atoms with Crippen molar-refractivity contribution in [2.45, 2.75) is 91.1 Å². The van der Waals surface area contributed by atoms with Gasteiger partial charge in [0.15, 0.2) is 5.78 Å². The zero-order valence-electron chi connectivity index (χ0n) is 19.3. The van der Waals surface area contributed by atoms with Gasteiger partial charge in [-0.1, -0.05) is 51.5 Å². The predicted octanol–water partition coefficient (Wildman–Crippen LogP) is 5.73. The van der Waals surface area contributed by atoms with E-state index in [2.05, 4.69) is 50.4 Å². The topological polar surface area (TPSA) is 55.4 Å². The molecule has 1 heterocycles. The highest BCUT2D eigenvalue weighted by atomic mass is 16.5. The highest BCUT2D eigenvalue weighted by molar-refractivity contribution is 6.04. The average Bonchev–Trinajstić information content (AvgIpc) is 2.72. The molecular formula is C27H35NO3. The minimum atomic E-state index is -0.359. The highest BCUT2D eigenvalue weighted by Crippen LogP contribution is 2.47. The number of hydrogen-bond donors (Lipinski definition) is 1. The lowest BCUT2D eigenvalue weighted by molar-refractivity contribution is -0.146. The van der Waals surface area contributed by atoms with Crippen LogP contribution in [0.15, 0.2) is 46.8 Å². The fourth-order valence-corrected chi connectivity index (χ4v) is 5.38. The molecule has 0 amide bonds. The van der Waals surface area contributed by atoms with Crippen LogP contribution in [0.25, 0.3) is 0 Å². The molecule has 0 spiro atoms. The van der Waals surface area contributed by atoms with Crippen LogP contribution in [0, 0.1) is 5.41 Å². The smallest absolute Gasteiger partial charge is 0.337 e. The second kappa shape index (κ2) is 8.64. The number of carbonyl (C=O) groups excluding carboxylic acids is 2. The molecule has 0 radical (unpaired) electrons. The van der Waals surface area contributed by atoms with Gasteiger partial charge in [-0.15, -0.1) is 0 Å². The summed E-state index contributed by atoms with van der Waals surface area (Å²) < 4.78 is 5.98. The molecule has 4 heteroatoms. The van der Waals surface area contributed by atoms with Crippen molar-refractivity contribution in [3.8, 4) is 0 Å². The van der Waals surface area contributed by atoms with Gasteiger partial charge in [0.25, 0.3) is 0 Å². The largest absolute Gasteiger partial charge is 0.459 e. The van der Waals surface area contributed by atoms with Crippen molar-refractivity contribution in [3.63, 3.8) is 0 Å². The third-order valence-electron chi connectivity index (χ3n) is 7.01. The molecule has 166 valence electrons.